The van der Waals surface area contributed by atoms with Gasteiger partial charge in [-0.15, -0.1) is 4.28 Å². The normalized spacial score (nSPS) is 20.5. The molecule has 1 fully saturated rings. The van der Waals surface area contributed by atoms with Gasteiger partial charge in [-0.3, -0.25) is 9.35 Å². The monoisotopic (exact) mass is 356 g/mol. The molecule has 0 radical (unpaired) electrons. The highest BCUT2D eigenvalue weighted by atomic mass is 32.3. The molecule has 0 saturated carbocycles. The van der Waals surface area contributed by atoms with Gasteiger partial charge in [-0.1, -0.05) is 6.92 Å². The van der Waals surface area contributed by atoms with Gasteiger partial charge >= 0.3 is 16.4 Å². The molecule has 11 heteroatoms. The Hall–Kier alpha value is -2.24. The van der Waals surface area contributed by atoms with E-state index in [4.69, 9.17) is 4.55 Å². The molecule has 130 valence electrons. The van der Waals surface area contributed by atoms with Crippen LogP contribution in [0.4, 0.5) is 4.79 Å². The molecule has 1 aromatic rings. The summed E-state index contributed by atoms with van der Waals surface area (Å²) in [6.45, 7) is 2.24. The van der Waals surface area contributed by atoms with Crippen LogP contribution < -0.4 is 0 Å². The van der Waals surface area contributed by atoms with Crippen molar-refractivity contribution in [2.24, 2.45) is 0 Å². The molecule has 3 rings (SSSR count). The van der Waals surface area contributed by atoms with Crippen molar-refractivity contribution in [3.8, 4) is 0 Å². The van der Waals surface area contributed by atoms with Crippen LogP contribution in [0.15, 0.2) is 18.3 Å². The van der Waals surface area contributed by atoms with E-state index in [0.29, 0.717) is 22.9 Å². The van der Waals surface area contributed by atoms with Crippen molar-refractivity contribution >= 4 is 27.9 Å². The number of Topliss-reactive ketones (excluding diaryl/α,β-unsaturated/α-hetero) is 1. The predicted molar refractivity (Wildman–Crippen MR) is 80.7 cm³/mol. The van der Waals surface area contributed by atoms with E-state index < -0.39 is 22.5 Å². The first-order valence-corrected chi connectivity index (χ1v) is 8.66. The molecule has 2 aliphatic heterocycles. The molecule has 3 heterocycles. The molecule has 1 aromatic heterocycles. The Morgan fingerprint density at radius 1 is 1.50 bits per heavy atom. The van der Waals surface area contributed by atoms with Crippen LogP contribution in [-0.2, 0) is 25.9 Å². The first-order valence-electron chi connectivity index (χ1n) is 7.29. The van der Waals surface area contributed by atoms with Gasteiger partial charge in [0.1, 0.15) is 11.8 Å². The highest BCUT2D eigenvalue weighted by molar-refractivity contribution is 7.80. The van der Waals surface area contributed by atoms with E-state index in [0.717, 1.165) is 0 Å². The average molecular weight is 356 g/mol. The number of fused-ring (bicyclic) bond motifs is 2. The minimum Gasteiger partial charge on any atom is -0.314 e. The molecule has 10 nitrogen and oxygen atoms in total. The number of nitrogens with zero attached hydrogens (tertiary/aromatic N) is 4. The summed E-state index contributed by atoms with van der Waals surface area (Å²) in [5.74, 6) is 0.0737. The minimum atomic E-state index is -4.78. The molecule has 0 aliphatic carbocycles. The van der Waals surface area contributed by atoms with Crippen LogP contribution in [-0.4, -0.2) is 63.7 Å². The molecule has 1 N–H and O–H groups in total. The van der Waals surface area contributed by atoms with Crippen LogP contribution in [0.1, 0.15) is 19.0 Å². The molecule has 24 heavy (non-hydrogen) atoms. The summed E-state index contributed by atoms with van der Waals surface area (Å²) in [4.78, 5) is 24.9. The van der Waals surface area contributed by atoms with Gasteiger partial charge in [0.2, 0.25) is 0 Å². The summed E-state index contributed by atoms with van der Waals surface area (Å²) in [5, 5.41) is 4.92. The zero-order chi connectivity index (χ0) is 17.5. The fourth-order valence-corrected chi connectivity index (χ4v) is 3.04. The van der Waals surface area contributed by atoms with Gasteiger partial charge in [-0.05, 0) is 12.1 Å². The lowest BCUT2D eigenvalue weighted by Gasteiger charge is -2.21. The van der Waals surface area contributed by atoms with Crippen LogP contribution in [0.25, 0.3) is 5.70 Å². The number of hydroxylamine groups is 2. The summed E-state index contributed by atoms with van der Waals surface area (Å²) < 4.78 is 36.4. The van der Waals surface area contributed by atoms with Crippen molar-refractivity contribution in [2.45, 2.75) is 25.8 Å². The highest BCUT2D eigenvalue weighted by Gasteiger charge is 2.43. The van der Waals surface area contributed by atoms with Gasteiger partial charge in [0.25, 0.3) is 0 Å². The Bertz CT molecular complexity index is 814. The fourth-order valence-electron chi connectivity index (χ4n) is 2.66. The van der Waals surface area contributed by atoms with Crippen LogP contribution in [0.5, 0.6) is 0 Å². The molecule has 1 unspecified atom stereocenters. The molecule has 0 aromatic carbocycles. The van der Waals surface area contributed by atoms with Crippen molar-refractivity contribution in [3.63, 3.8) is 0 Å². The van der Waals surface area contributed by atoms with E-state index in [-0.39, 0.29) is 25.3 Å². The summed E-state index contributed by atoms with van der Waals surface area (Å²) in [6, 6.07) is 0.402. The van der Waals surface area contributed by atoms with E-state index in [1.54, 1.807) is 29.9 Å². The molecule has 1 atom stereocenters. The Kier molecular flexibility index (Phi) is 4.15. The lowest BCUT2D eigenvalue weighted by atomic mass is 10.2. The number of hydrogen-bond donors (Lipinski definition) is 1. The summed E-state index contributed by atoms with van der Waals surface area (Å²) in [6.07, 6.45) is 3.99. The fraction of sp³-hybridized carbons (Fsp3) is 0.462. The maximum atomic E-state index is 12.1. The number of carbonyl (C=O) groups excluding carboxylic acids is 2. The maximum Gasteiger partial charge on any atom is 0.418 e. The Labute approximate surface area is 138 Å². The third-order valence-corrected chi connectivity index (χ3v) is 4.14. The molecule has 2 bridgehead atoms. The van der Waals surface area contributed by atoms with Crippen LogP contribution >= 0.6 is 0 Å². The Morgan fingerprint density at radius 2 is 2.25 bits per heavy atom. The summed E-state index contributed by atoms with van der Waals surface area (Å²) in [5.41, 5.74) is 1.27. The maximum absolute atomic E-state index is 12.1. The third-order valence-electron chi connectivity index (χ3n) is 3.79. The zero-order valence-corrected chi connectivity index (χ0v) is 13.6. The molecular weight excluding hydrogens is 340 g/mol. The van der Waals surface area contributed by atoms with Crippen LogP contribution in [0, 0.1) is 0 Å². The zero-order valence-electron chi connectivity index (χ0n) is 12.8. The standard InChI is InChI=1S/C13H16N4O6S/c1-2-12(18)5-9-3-4-16(14-9)10-6-11-8-15(7-10)13(19)17(11)23-24(20,21)22/h3-4,6,11H,2,5,7-8H2,1H3,(H,20,21,22). The first-order chi connectivity index (χ1) is 11.3. The van der Waals surface area contributed by atoms with E-state index in [9.17, 15) is 18.0 Å². The smallest absolute Gasteiger partial charge is 0.314 e. The summed E-state index contributed by atoms with van der Waals surface area (Å²) in [7, 11) is -4.78. The lowest BCUT2D eigenvalue weighted by molar-refractivity contribution is -0.118. The number of hydrogen-bond acceptors (Lipinski definition) is 6. The number of amides is 2. The Balaban J connectivity index is 1.80. The SMILES string of the molecule is CCC(=O)Cc1ccn(C2=CC3CN(C2)C(=O)N3OS(=O)(=O)O)n1. The van der Waals surface area contributed by atoms with Gasteiger partial charge < -0.3 is 4.90 Å². The second-order valence-electron chi connectivity index (χ2n) is 5.54. The van der Waals surface area contributed by atoms with Gasteiger partial charge in [-0.2, -0.15) is 18.6 Å². The number of urea groups is 1. The molecule has 2 amide bonds. The van der Waals surface area contributed by atoms with E-state index in [1.165, 1.54) is 4.90 Å². The second kappa shape index (κ2) is 6.00. The van der Waals surface area contributed by atoms with Crippen LogP contribution in [0.3, 0.4) is 0 Å². The van der Waals surface area contributed by atoms with Gasteiger partial charge in [0, 0.05) is 19.2 Å². The van der Waals surface area contributed by atoms with E-state index in [2.05, 4.69) is 9.38 Å². The number of rotatable bonds is 6. The van der Waals surface area contributed by atoms with Gasteiger partial charge in [0.05, 0.1) is 24.4 Å². The van der Waals surface area contributed by atoms with Crippen LogP contribution in [0.2, 0.25) is 0 Å². The summed E-state index contributed by atoms with van der Waals surface area (Å²) >= 11 is 0. The number of aromatic nitrogens is 2. The van der Waals surface area contributed by atoms with Gasteiger partial charge in [-0.25, -0.2) is 9.48 Å². The van der Waals surface area contributed by atoms with Crippen molar-refractivity contribution in [1.29, 1.82) is 0 Å². The predicted octanol–water partition coefficient (Wildman–Crippen LogP) is 0.0998. The quantitative estimate of drug-likeness (QED) is 0.717. The highest BCUT2D eigenvalue weighted by Crippen LogP contribution is 2.27. The number of carbonyl (C=O) groups is 2. The third kappa shape index (κ3) is 3.32. The van der Waals surface area contributed by atoms with Crippen molar-refractivity contribution in [1.82, 2.24) is 19.7 Å². The molecule has 0 spiro atoms. The van der Waals surface area contributed by atoms with Crippen molar-refractivity contribution in [2.75, 3.05) is 13.1 Å². The Morgan fingerprint density at radius 3 is 2.92 bits per heavy atom. The largest absolute Gasteiger partial charge is 0.418 e. The van der Waals surface area contributed by atoms with Crippen molar-refractivity contribution < 1.29 is 26.8 Å². The average Bonchev–Trinajstić information content (AvgIpc) is 3.05. The lowest BCUT2D eigenvalue weighted by Crippen LogP contribution is -2.35. The number of ketones is 1. The molecule has 2 aliphatic rings. The first kappa shape index (κ1) is 16.6. The minimum absolute atomic E-state index is 0.0737. The van der Waals surface area contributed by atoms with E-state index >= 15 is 0 Å². The molecular formula is C13H16N4O6S. The molecule has 1 saturated heterocycles. The second-order valence-corrected chi connectivity index (χ2v) is 6.54. The van der Waals surface area contributed by atoms with Crippen molar-refractivity contribution in [3.05, 3.63) is 24.0 Å². The van der Waals surface area contributed by atoms with Gasteiger partial charge in [0.15, 0.2) is 0 Å². The topological polar surface area (TPSA) is 122 Å². The van der Waals surface area contributed by atoms with E-state index in [1.807, 2.05) is 0 Å².